The molecule has 0 aromatic heterocycles. The third-order valence-corrected chi connectivity index (χ3v) is 3.45. The number of alkyl halides is 1. The molecule has 1 aliphatic heterocycles. The van der Waals surface area contributed by atoms with Gasteiger partial charge in [0.1, 0.15) is 5.60 Å². The molecule has 7 heteroatoms. The van der Waals surface area contributed by atoms with Gasteiger partial charge in [0.15, 0.2) is 6.07 Å². The van der Waals surface area contributed by atoms with E-state index in [0.717, 1.165) is 0 Å². The number of esters is 1. The fourth-order valence-electron chi connectivity index (χ4n) is 2.26. The number of halogens is 1. The number of carbonyl (C=O) groups is 2. The van der Waals surface area contributed by atoms with Gasteiger partial charge in [0.25, 0.3) is 0 Å². The highest BCUT2D eigenvalue weighted by atomic mass is 35.5. The minimum absolute atomic E-state index is 0.0825. The van der Waals surface area contributed by atoms with Crippen LogP contribution in [0.3, 0.4) is 0 Å². The van der Waals surface area contributed by atoms with Crippen LogP contribution < -0.4 is 0 Å². The second-order valence-corrected chi connectivity index (χ2v) is 6.73. The Hall–Kier alpha value is -1.01. The van der Waals surface area contributed by atoms with Crippen molar-refractivity contribution >= 4 is 23.7 Å². The molecule has 1 heterocycles. The molecule has 0 spiro atoms. The summed E-state index contributed by atoms with van der Waals surface area (Å²) in [5.74, 6) is -0.748. The zero-order valence-electron chi connectivity index (χ0n) is 13.4. The van der Waals surface area contributed by atoms with Gasteiger partial charge in [-0.2, -0.15) is 0 Å². The number of likely N-dealkylation sites (N-methyl/N-ethyl adjacent to an activating group) is 1. The molecule has 1 amide bonds. The van der Waals surface area contributed by atoms with Crippen molar-refractivity contribution in [2.75, 3.05) is 33.3 Å². The second kappa shape index (κ2) is 7.31. The number of likely N-dealkylation sites (tertiary alicyclic amines) is 1. The Morgan fingerprint density at radius 1 is 1.29 bits per heavy atom. The van der Waals surface area contributed by atoms with Crippen molar-refractivity contribution in [1.29, 1.82) is 0 Å². The van der Waals surface area contributed by atoms with Crippen LogP contribution >= 0.6 is 11.6 Å². The molecule has 0 bridgehead atoms. The third kappa shape index (κ3) is 5.71. The maximum atomic E-state index is 12.2. The molecule has 1 fully saturated rings. The van der Waals surface area contributed by atoms with Gasteiger partial charge in [-0.1, -0.05) is 11.6 Å². The average molecular weight is 321 g/mol. The van der Waals surface area contributed by atoms with Crippen molar-refractivity contribution in [2.24, 2.45) is 5.92 Å². The van der Waals surface area contributed by atoms with E-state index >= 15 is 0 Å². The van der Waals surface area contributed by atoms with Crippen molar-refractivity contribution < 1.29 is 19.1 Å². The molecule has 2 unspecified atom stereocenters. The molecule has 6 nitrogen and oxygen atoms in total. The van der Waals surface area contributed by atoms with Crippen LogP contribution in [0.2, 0.25) is 0 Å². The standard InChI is InChI=1S/C14H25ClN2O4/c1-14(2,3)21-13(19)17-7-10(12(18)20-9-15)6-11(8-17)16(4)5/h10-11H,6-9H2,1-5H3. The minimum atomic E-state index is -0.561. The lowest BCUT2D eigenvalue weighted by Crippen LogP contribution is -2.53. The van der Waals surface area contributed by atoms with E-state index in [0.29, 0.717) is 19.5 Å². The molecule has 0 N–H and O–H groups in total. The van der Waals surface area contributed by atoms with Gasteiger partial charge in [0.05, 0.1) is 5.92 Å². The largest absolute Gasteiger partial charge is 0.449 e. The molecule has 2 atom stereocenters. The molecule has 0 saturated carbocycles. The first-order valence-corrected chi connectivity index (χ1v) is 7.54. The Kier molecular flexibility index (Phi) is 6.28. The summed E-state index contributed by atoms with van der Waals surface area (Å²) in [6, 6.07) is -0.0897. The molecule has 0 radical (unpaired) electrons. The fourth-order valence-corrected chi connectivity index (χ4v) is 2.37. The molecule has 122 valence electrons. The molecule has 21 heavy (non-hydrogen) atoms. The quantitative estimate of drug-likeness (QED) is 0.587. The number of piperidine rings is 1. The average Bonchev–Trinajstić information content (AvgIpc) is 2.36. The maximum Gasteiger partial charge on any atom is 0.410 e. The lowest BCUT2D eigenvalue weighted by atomic mass is 9.94. The van der Waals surface area contributed by atoms with Gasteiger partial charge in [0.2, 0.25) is 0 Å². The number of amides is 1. The molecule has 0 aromatic carbocycles. The molecule has 0 aliphatic carbocycles. The van der Waals surface area contributed by atoms with E-state index in [-0.39, 0.29) is 24.0 Å². The first kappa shape index (κ1) is 18.0. The van der Waals surface area contributed by atoms with Crippen molar-refractivity contribution in [2.45, 2.75) is 38.8 Å². The first-order valence-electron chi connectivity index (χ1n) is 7.01. The SMILES string of the molecule is CN(C)C1CC(C(=O)OCCl)CN(C(=O)OC(C)(C)C)C1. The highest BCUT2D eigenvalue weighted by molar-refractivity contribution is 6.17. The van der Waals surface area contributed by atoms with Crippen LogP contribution in [0.4, 0.5) is 4.79 Å². The smallest absolute Gasteiger partial charge is 0.410 e. The predicted octanol–water partition coefficient (Wildman–Crippen LogP) is 1.91. The Morgan fingerprint density at radius 2 is 1.90 bits per heavy atom. The van der Waals surface area contributed by atoms with Crippen LogP contribution in [0, 0.1) is 5.92 Å². The predicted molar refractivity (Wildman–Crippen MR) is 80.2 cm³/mol. The van der Waals surface area contributed by atoms with Crippen LogP contribution in [-0.4, -0.2) is 66.8 Å². The Morgan fingerprint density at radius 3 is 2.38 bits per heavy atom. The monoisotopic (exact) mass is 320 g/mol. The van der Waals surface area contributed by atoms with E-state index in [4.69, 9.17) is 21.1 Å². The lowest BCUT2D eigenvalue weighted by molar-refractivity contribution is -0.149. The van der Waals surface area contributed by atoms with Crippen LogP contribution in [0.1, 0.15) is 27.2 Å². The summed E-state index contributed by atoms with van der Waals surface area (Å²) in [4.78, 5) is 27.7. The Bertz CT molecular complexity index is 382. The third-order valence-electron chi connectivity index (χ3n) is 3.34. The number of nitrogens with zero attached hydrogens (tertiary/aromatic N) is 2. The molecule has 1 aliphatic rings. The van der Waals surface area contributed by atoms with Crippen LogP contribution in [0.15, 0.2) is 0 Å². The van der Waals surface area contributed by atoms with Crippen molar-refractivity contribution in [3.8, 4) is 0 Å². The summed E-state index contributed by atoms with van der Waals surface area (Å²) in [7, 11) is 3.85. The van der Waals surface area contributed by atoms with Crippen molar-refractivity contribution in [1.82, 2.24) is 9.80 Å². The van der Waals surface area contributed by atoms with Crippen LogP contribution in [-0.2, 0) is 14.3 Å². The second-order valence-electron chi connectivity index (χ2n) is 6.51. The first-order chi connectivity index (χ1) is 9.64. The minimum Gasteiger partial charge on any atom is -0.449 e. The van der Waals surface area contributed by atoms with Gasteiger partial charge in [0, 0.05) is 19.1 Å². The fraction of sp³-hybridized carbons (Fsp3) is 0.857. The van der Waals surface area contributed by atoms with E-state index in [2.05, 4.69) is 0 Å². The van der Waals surface area contributed by atoms with E-state index in [1.807, 2.05) is 39.8 Å². The van der Waals surface area contributed by atoms with Gasteiger partial charge < -0.3 is 19.3 Å². The normalized spacial score (nSPS) is 23.1. The summed E-state index contributed by atoms with van der Waals surface area (Å²) in [6.45, 7) is 6.29. The number of carbonyl (C=O) groups excluding carboxylic acids is 2. The zero-order valence-corrected chi connectivity index (χ0v) is 14.1. The zero-order chi connectivity index (χ0) is 16.2. The number of hydrogen-bond donors (Lipinski definition) is 0. The molecule has 1 rings (SSSR count). The summed E-state index contributed by atoms with van der Waals surface area (Å²) in [5.41, 5.74) is -0.561. The van der Waals surface area contributed by atoms with Crippen LogP contribution in [0.25, 0.3) is 0 Å². The van der Waals surface area contributed by atoms with Gasteiger partial charge in [-0.3, -0.25) is 4.79 Å². The lowest BCUT2D eigenvalue weighted by Gasteiger charge is -2.39. The molecular weight excluding hydrogens is 296 g/mol. The van der Waals surface area contributed by atoms with Crippen molar-refractivity contribution in [3.63, 3.8) is 0 Å². The summed E-state index contributed by atoms with van der Waals surface area (Å²) >= 11 is 5.44. The Balaban J connectivity index is 2.79. The number of rotatable bonds is 3. The number of hydrogen-bond acceptors (Lipinski definition) is 5. The van der Waals surface area contributed by atoms with E-state index < -0.39 is 11.7 Å². The molecule has 0 aromatic rings. The topological polar surface area (TPSA) is 59.1 Å². The molecular formula is C14H25ClN2O4. The van der Waals surface area contributed by atoms with Gasteiger partial charge in [-0.25, -0.2) is 4.79 Å². The Labute approximate surface area is 131 Å². The number of ether oxygens (including phenoxy) is 2. The van der Waals surface area contributed by atoms with Gasteiger partial charge in [-0.15, -0.1) is 0 Å². The highest BCUT2D eigenvalue weighted by Gasteiger charge is 2.37. The van der Waals surface area contributed by atoms with E-state index in [1.165, 1.54) is 0 Å². The summed E-state index contributed by atoms with van der Waals surface area (Å²) in [6.07, 6.45) is 0.236. The highest BCUT2D eigenvalue weighted by Crippen LogP contribution is 2.23. The van der Waals surface area contributed by atoms with Crippen LogP contribution in [0.5, 0.6) is 0 Å². The van der Waals surface area contributed by atoms with E-state index in [1.54, 1.807) is 4.90 Å². The summed E-state index contributed by atoms with van der Waals surface area (Å²) in [5, 5.41) is 0. The maximum absolute atomic E-state index is 12.2. The summed E-state index contributed by atoms with van der Waals surface area (Å²) < 4.78 is 10.3. The van der Waals surface area contributed by atoms with E-state index in [9.17, 15) is 9.59 Å². The van der Waals surface area contributed by atoms with Gasteiger partial charge in [-0.05, 0) is 41.3 Å². The molecule has 1 saturated heterocycles. The van der Waals surface area contributed by atoms with Crippen molar-refractivity contribution in [3.05, 3.63) is 0 Å². The van der Waals surface area contributed by atoms with Gasteiger partial charge >= 0.3 is 12.1 Å².